The number of carbonyl (C=O) groups excluding carboxylic acids is 2. The number of nitrogens with zero attached hydrogens (tertiary/aromatic N) is 1. The van der Waals surface area contributed by atoms with E-state index in [0.717, 1.165) is 24.1 Å². The first kappa shape index (κ1) is 24.7. The van der Waals surface area contributed by atoms with Gasteiger partial charge in [-0.3, -0.25) is 4.79 Å². The van der Waals surface area contributed by atoms with Crippen LogP contribution >= 0.6 is 0 Å². The Morgan fingerprint density at radius 2 is 1.89 bits per heavy atom. The van der Waals surface area contributed by atoms with E-state index in [2.05, 4.69) is 10.6 Å². The smallest absolute Gasteiger partial charge is 0.416 e. The first-order chi connectivity index (χ1) is 16.7. The van der Waals surface area contributed by atoms with Gasteiger partial charge in [0.05, 0.1) is 5.56 Å². The molecule has 3 amide bonds. The summed E-state index contributed by atoms with van der Waals surface area (Å²) < 4.78 is 49.5. The summed E-state index contributed by atoms with van der Waals surface area (Å²) >= 11 is 0. The van der Waals surface area contributed by atoms with Crippen LogP contribution in [-0.4, -0.2) is 36.7 Å². The summed E-state index contributed by atoms with van der Waals surface area (Å²) in [6.45, 7) is 3.46. The quantitative estimate of drug-likeness (QED) is 0.595. The predicted molar refractivity (Wildman–Crippen MR) is 123 cm³/mol. The molecule has 0 aromatic heterocycles. The molecule has 7 nitrogen and oxygen atoms in total. The molecule has 10 heteroatoms. The second kappa shape index (κ2) is 10.5. The minimum Gasteiger partial charge on any atom is -0.454 e. The van der Waals surface area contributed by atoms with Crippen molar-refractivity contribution in [1.82, 2.24) is 10.2 Å². The molecule has 1 fully saturated rings. The van der Waals surface area contributed by atoms with Crippen molar-refractivity contribution < 1.29 is 32.2 Å². The third kappa shape index (κ3) is 6.17. The van der Waals surface area contributed by atoms with Crippen molar-refractivity contribution in [3.63, 3.8) is 0 Å². The van der Waals surface area contributed by atoms with E-state index in [4.69, 9.17) is 9.47 Å². The van der Waals surface area contributed by atoms with E-state index in [9.17, 15) is 22.8 Å². The van der Waals surface area contributed by atoms with E-state index < -0.39 is 17.8 Å². The Bertz CT molecular complexity index is 1080. The standard InChI is InChI=1S/C25H28F3N3O4/c1-2-17-14-31(24(33)30-20-5-3-4-19(12-20)25(26,27)28)9-8-18(17)11-23(32)29-13-16-6-7-21-22(10-16)35-15-34-21/h3-7,10,12,17-18H,2,8-9,11,13-15H2,1H3,(H,29,32)(H,30,33). The van der Waals surface area contributed by atoms with Crippen LogP contribution in [0.25, 0.3) is 0 Å². The fourth-order valence-electron chi connectivity index (χ4n) is 4.53. The van der Waals surface area contributed by atoms with E-state index >= 15 is 0 Å². The van der Waals surface area contributed by atoms with E-state index in [1.54, 1.807) is 4.90 Å². The number of ether oxygens (including phenoxy) is 2. The van der Waals surface area contributed by atoms with Crippen LogP contribution in [0.15, 0.2) is 42.5 Å². The highest BCUT2D eigenvalue weighted by Gasteiger charge is 2.33. The Labute approximate surface area is 201 Å². The summed E-state index contributed by atoms with van der Waals surface area (Å²) in [7, 11) is 0. The second-order valence-corrected chi connectivity index (χ2v) is 8.84. The van der Waals surface area contributed by atoms with Crippen molar-refractivity contribution in [2.45, 2.75) is 38.9 Å². The number of alkyl halides is 3. The molecule has 0 aliphatic carbocycles. The van der Waals surface area contributed by atoms with Gasteiger partial charge >= 0.3 is 12.2 Å². The number of hydrogen-bond donors (Lipinski definition) is 2. The molecule has 2 aromatic rings. The Morgan fingerprint density at radius 3 is 2.66 bits per heavy atom. The number of carbonyl (C=O) groups is 2. The van der Waals surface area contributed by atoms with Gasteiger partial charge in [0.15, 0.2) is 11.5 Å². The van der Waals surface area contributed by atoms with Crippen LogP contribution in [0, 0.1) is 11.8 Å². The average molecular weight is 492 g/mol. The molecule has 2 aromatic carbocycles. The molecule has 35 heavy (non-hydrogen) atoms. The summed E-state index contributed by atoms with van der Waals surface area (Å²) in [4.78, 5) is 26.9. The Balaban J connectivity index is 1.27. The first-order valence-corrected chi connectivity index (χ1v) is 11.6. The SMILES string of the molecule is CCC1CN(C(=O)Nc2cccc(C(F)(F)F)c2)CCC1CC(=O)NCc1ccc2c(c1)OCO2. The molecule has 4 rings (SSSR count). The number of piperidine rings is 1. The van der Waals surface area contributed by atoms with Gasteiger partial charge in [-0.05, 0) is 54.2 Å². The van der Waals surface area contributed by atoms with Crippen molar-refractivity contribution >= 4 is 17.6 Å². The van der Waals surface area contributed by atoms with Crippen LogP contribution in [0.3, 0.4) is 0 Å². The average Bonchev–Trinajstić information content (AvgIpc) is 3.30. The van der Waals surface area contributed by atoms with Crippen LogP contribution in [0.4, 0.5) is 23.7 Å². The number of nitrogens with one attached hydrogen (secondary N) is 2. The van der Waals surface area contributed by atoms with Crippen molar-refractivity contribution in [2.24, 2.45) is 11.8 Å². The zero-order valence-electron chi connectivity index (χ0n) is 19.4. The van der Waals surface area contributed by atoms with Gasteiger partial charge in [0.25, 0.3) is 0 Å². The number of hydrogen-bond acceptors (Lipinski definition) is 4. The molecule has 2 aliphatic rings. The summed E-state index contributed by atoms with van der Waals surface area (Å²) in [5.41, 5.74) is 0.200. The van der Waals surface area contributed by atoms with Crippen LogP contribution in [-0.2, 0) is 17.5 Å². The normalized spacial score (nSPS) is 19.4. The Morgan fingerprint density at radius 1 is 1.09 bits per heavy atom. The molecule has 2 atom stereocenters. The lowest BCUT2D eigenvalue weighted by Gasteiger charge is -2.38. The number of likely N-dealkylation sites (tertiary alicyclic amines) is 1. The van der Waals surface area contributed by atoms with E-state index in [-0.39, 0.29) is 30.2 Å². The molecular formula is C25H28F3N3O4. The highest BCUT2D eigenvalue weighted by molar-refractivity contribution is 5.89. The molecule has 2 aliphatic heterocycles. The zero-order chi connectivity index (χ0) is 25.0. The molecule has 0 radical (unpaired) electrons. The second-order valence-electron chi connectivity index (χ2n) is 8.84. The Kier molecular flexibility index (Phi) is 7.37. The number of amides is 3. The maximum atomic E-state index is 12.9. The maximum absolute atomic E-state index is 12.9. The maximum Gasteiger partial charge on any atom is 0.416 e. The molecule has 188 valence electrons. The van der Waals surface area contributed by atoms with Crippen molar-refractivity contribution in [3.05, 3.63) is 53.6 Å². The van der Waals surface area contributed by atoms with Crippen LogP contribution in [0.2, 0.25) is 0 Å². The fraction of sp³-hybridized carbons (Fsp3) is 0.440. The number of halogens is 3. The van der Waals surface area contributed by atoms with Gasteiger partial charge in [-0.1, -0.05) is 25.5 Å². The fourth-order valence-corrected chi connectivity index (χ4v) is 4.53. The van der Waals surface area contributed by atoms with Crippen LogP contribution in [0.1, 0.15) is 37.3 Å². The Hall–Kier alpha value is -3.43. The van der Waals surface area contributed by atoms with Gasteiger partial charge in [0, 0.05) is 31.7 Å². The number of fused-ring (bicyclic) bond motifs is 1. The van der Waals surface area contributed by atoms with Gasteiger partial charge in [-0.15, -0.1) is 0 Å². The van der Waals surface area contributed by atoms with Gasteiger partial charge < -0.3 is 25.0 Å². The minimum absolute atomic E-state index is 0.0621. The van der Waals surface area contributed by atoms with Gasteiger partial charge in [-0.2, -0.15) is 13.2 Å². The third-order valence-electron chi connectivity index (χ3n) is 6.52. The highest BCUT2D eigenvalue weighted by Crippen LogP contribution is 2.33. The number of benzene rings is 2. The highest BCUT2D eigenvalue weighted by atomic mass is 19.4. The summed E-state index contributed by atoms with van der Waals surface area (Å²) in [6.07, 6.45) is -2.69. The molecule has 0 bridgehead atoms. The van der Waals surface area contributed by atoms with E-state index in [0.29, 0.717) is 44.0 Å². The van der Waals surface area contributed by atoms with Crippen molar-refractivity contribution in [3.8, 4) is 11.5 Å². The molecule has 0 saturated carbocycles. The minimum atomic E-state index is -4.48. The third-order valence-corrected chi connectivity index (χ3v) is 6.52. The number of rotatable bonds is 6. The summed E-state index contributed by atoms with van der Waals surface area (Å²) in [5, 5.41) is 5.52. The summed E-state index contributed by atoms with van der Waals surface area (Å²) in [5.74, 6) is 1.53. The lowest BCUT2D eigenvalue weighted by molar-refractivity contribution is -0.137. The molecule has 2 unspecified atom stereocenters. The topological polar surface area (TPSA) is 79.9 Å². The van der Waals surface area contributed by atoms with Crippen LogP contribution in [0.5, 0.6) is 11.5 Å². The predicted octanol–water partition coefficient (Wildman–Crippen LogP) is 5.02. The molecule has 2 heterocycles. The van der Waals surface area contributed by atoms with Crippen molar-refractivity contribution in [2.75, 3.05) is 25.2 Å². The monoisotopic (exact) mass is 491 g/mol. The molecule has 1 saturated heterocycles. The van der Waals surface area contributed by atoms with Gasteiger partial charge in [0.1, 0.15) is 0 Å². The summed E-state index contributed by atoms with van der Waals surface area (Å²) in [6, 6.07) is 9.69. The van der Waals surface area contributed by atoms with E-state index in [1.807, 2.05) is 25.1 Å². The largest absolute Gasteiger partial charge is 0.454 e. The molecule has 0 spiro atoms. The zero-order valence-corrected chi connectivity index (χ0v) is 19.4. The lowest BCUT2D eigenvalue weighted by Crippen LogP contribution is -2.46. The molecule has 2 N–H and O–H groups in total. The van der Waals surface area contributed by atoms with E-state index in [1.165, 1.54) is 12.1 Å². The molecular weight excluding hydrogens is 463 g/mol. The van der Waals surface area contributed by atoms with Crippen molar-refractivity contribution in [1.29, 1.82) is 0 Å². The number of urea groups is 1. The van der Waals surface area contributed by atoms with Crippen LogP contribution < -0.4 is 20.1 Å². The number of anilines is 1. The van der Waals surface area contributed by atoms with Gasteiger partial charge in [0.2, 0.25) is 12.7 Å². The van der Waals surface area contributed by atoms with Gasteiger partial charge in [-0.25, -0.2) is 4.79 Å². The lowest BCUT2D eigenvalue weighted by atomic mass is 9.81. The first-order valence-electron chi connectivity index (χ1n) is 11.6.